The molecule has 36 heavy (non-hydrogen) atoms. The zero-order chi connectivity index (χ0) is 25.1. The Balaban J connectivity index is 1.26. The number of aromatic nitrogens is 6. The summed E-state index contributed by atoms with van der Waals surface area (Å²) in [6, 6.07) is 2.51. The zero-order valence-electron chi connectivity index (χ0n) is 19.2. The van der Waals surface area contributed by atoms with E-state index in [0.717, 1.165) is 16.0 Å². The van der Waals surface area contributed by atoms with Crippen LogP contribution in [0.25, 0.3) is 22.4 Å². The van der Waals surface area contributed by atoms with E-state index in [0.29, 0.717) is 24.1 Å². The first-order valence-electron chi connectivity index (χ1n) is 11.4. The predicted octanol–water partition coefficient (Wildman–Crippen LogP) is 2.40. The van der Waals surface area contributed by atoms with Crippen LogP contribution >= 0.6 is 0 Å². The third kappa shape index (κ3) is 3.48. The van der Waals surface area contributed by atoms with Crippen molar-refractivity contribution in [2.45, 2.75) is 31.2 Å². The number of halogens is 2. The third-order valence-corrected chi connectivity index (χ3v) is 6.79. The molecule has 184 valence electrons. The summed E-state index contributed by atoms with van der Waals surface area (Å²) in [5.41, 5.74) is 0.967. The Hall–Kier alpha value is -4.34. The molecule has 1 aliphatic carbocycles. The summed E-state index contributed by atoms with van der Waals surface area (Å²) >= 11 is 0. The van der Waals surface area contributed by atoms with E-state index in [4.69, 9.17) is 4.74 Å². The highest BCUT2D eigenvalue weighted by Crippen LogP contribution is 2.47. The molecule has 11 nitrogen and oxygen atoms in total. The number of likely N-dealkylation sites (tertiary alicyclic amines) is 1. The normalized spacial score (nSPS) is 20.3. The maximum atomic E-state index is 15.1. The van der Waals surface area contributed by atoms with Crippen LogP contribution in [0.4, 0.5) is 14.7 Å². The van der Waals surface area contributed by atoms with Crippen molar-refractivity contribution in [2.75, 3.05) is 25.5 Å². The molecule has 4 aromatic heterocycles. The first kappa shape index (κ1) is 22.1. The molecule has 6 rings (SSSR count). The van der Waals surface area contributed by atoms with Gasteiger partial charge < -0.3 is 15.0 Å². The van der Waals surface area contributed by atoms with Gasteiger partial charge in [-0.05, 0) is 25.3 Å². The predicted molar refractivity (Wildman–Crippen MR) is 122 cm³/mol. The number of fused-ring (bicyclic) bond motifs is 2. The minimum Gasteiger partial charge on any atom is -0.479 e. The summed E-state index contributed by atoms with van der Waals surface area (Å²) in [5.74, 6) is -3.00. The Morgan fingerprint density at radius 1 is 1.31 bits per heavy atom. The molecule has 0 spiro atoms. The number of nitrogens with one attached hydrogen (secondary N) is 1. The van der Waals surface area contributed by atoms with Gasteiger partial charge in [0.25, 0.3) is 5.92 Å². The van der Waals surface area contributed by atoms with Crippen molar-refractivity contribution in [3.63, 3.8) is 0 Å². The first-order valence-corrected chi connectivity index (χ1v) is 11.4. The Morgan fingerprint density at radius 3 is 2.86 bits per heavy atom. The number of nitrogens with zero attached hydrogens (tertiary/aromatic N) is 8. The number of alkyl halides is 2. The van der Waals surface area contributed by atoms with E-state index in [1.54, 1.807) is 29.2 Å². The van der Waals surface area contributed by atoms with Gasteiger partial charge in [-0.15, -0.1) is 5.10 Å². The van der Waals surface area contributed by atoms with Gasteiger partial charge in [0.05, 0.1) is 25.8 Å². The van der Waals surface area contributed by atoms with Crippen LogP contribution in [-0.4, -0.2) is 71.9 Å². The fourth-order valence-electron chi connectivity index (χ4n) is 4.63. The first-order chi connectivity index (χ1) is 17.3. The molecule has 1 atom stereocenters. The molecule has 2 aliphatic rings. The molecule has 13 heteroatoms. The molecule has 5 heterocycles. The van der Waals surface area contributed by atoms with E-state index in [2.05, 4.69) is 25.4 Å². The molecule has 1 saturated heterocycles. The van der Waals surface area contributed by atoms with Crippen molar-refractivity contribution in [1.29, 1.82) is 5.26 Å². The molecule has 2 fully saturated rings. The fraction of sp³-hybridized carbons (Fsp3) is 0.391. The van der Waals surface area contributed by atoms with Crippen LogP contribution in [0.1, 0.15) is 19.3 Å². The number of rotatable bonds is 5. The number of carbonyl (C=O) groups is 1. The highest BCUT2D eigenvalue weighted by Gasteiger charge is 2.56. The Morgan fingerprint density at radius 2 is 2.14 bits per heavy atom. The monoisotopic (exact) mass is 493 g/mol. The maximum absolute atomic E-state index is 15.1. The number of amides is 1. The van der Waals surface area contributed by atoms with Crippen LogP contribution in [0.3, 0.4) is 0 Å². The van der Waals surface area contributed by atoms with Gasteiger partial charge in [0, 0.05) is 48.7 Å². The van der Waals surface area contributed by atoms with Crippen LogP contribution in [0.2, 0.25) is 0 Å². The van der Waals surface area contributed by atoms with Gasteiger partial charge in [-0.25, -0.2) is 23.3 Å². The molecule has 0 radical (unpaired) electrons. The van der Waals surface area contributed by atoms with Crippen LogP contribution in [-0.2, 0) is 4.79 Å². The number of methoxy groups -OCH3 is 1. The second-order valence-corrected chi connectivity index (χ2v) is 9.11. The lowest BCUT2D eigenvalue weighted by Gasteiger charge is -2.39. The molecular weight excluding hydrogens is 472 g/mol. The highest BCUT2D eigenvalue weighted by molar-refractivity contribution is 5.88. The van der Waals surface area contributed by atoms with Crippen LogP contribution in [0.15, 0.2) is 37.1 Å². The minimum absolute atomic E-state index is 0.0164. The van der Waals surface area contributed by atoms with Crippen molar-refractivity contribution >= 4 is 23.1 Å². The standard InChI is InChI=1S/C23H21F2N9O2/c1-36-18-17-15(14-10-28-21-27-6-9-32(21)11-14)2-8-34(17)31-20(30-18)29-16-3-7-33(13-23(16,24)25)19(35)22(12-26)4-5-22/h2,6,8-11,16H,3-5,7,13H2,1H3,(H,29,31). The minimum atomic E-state index is -3.24. The van der Waals surface area contributed by atoms with Crippen molar-refractivity contribution in [1.82, 2.24) is 33.9 Å². The SMILES string of the molecule is COc1nc(NC2CCN(C(=O)C3(C#N)CC3)CC2(F)F)nn2ccc(-c3cnc4nccn4c3)c12. The van der Waals surface area contributed by atoms with Gasteiger partial charge in [-0.2, -0.15) is 10.2 Å². The quantitative estimate of drug-likeness (QED) is 0.449. The van der Waals surface area contributed by atoms with E-state index < -0.39 is 29.8 Å². The lowest BCUT2D eigenvalue weighted by Crippen LogP contribution is -2.57. The van der Waals surface area contributed by atoms with E-state index in [-0.39, 0.29) is 24.8 Å². The Kier molecular flexibility index (Phi) is 4.82. The average molecular weight is 493 g/mol. The molecule has 1 saturated carbocycles. The summed E-state index contributed by atoms with van der Waals surface area (Å²) in [6.07, 6.45) is 9.49. The number of piperidine rings is 1. The van der Waals surface area contributed by atoms with E-state index in [1.165, 1.54) is 11.6 Å². The maximum Gasteiger partial charge on any atom is 0.285 e. The second-order valence-electron chi connectivity index (χ2n) is 9.11. The van der Waals surface area contributed by atoms with Crippen molar-refractivity contribution in [3.05, 3.63) is 37.1 Å². The van der Waals surface area contributed by atoms with Crippen LogP contribution in [0, 0.1) is 16.7 Å². The second kappa shape index (κ2) is 7.84. The summed E-state index contributed by atoms with van der Waals surface area (Å²) in [7, 11) is 1.45. The summed E-state index contributed by atoms with van der Waals surface area (Å²) in [6.45, 7) is -0.643. The van der Waals surface area contributed by atoms with Crippen LogP contribution < -0.4 is 10.1 Å². The van der Waals surface area contributed by atoms with E-state index >= 15 is 8.78 Å². The molecule has 1 amide bonds. The largest absolute Gasteiger partial charge is 0.479 e. The number of nitriles is 1. The molecular formula is C23H21F2N9O2. The van der Waals surface area contributed by atoms with Gasteiger partial charge in [0.2, 0.25) is 23.5 Å². The Bertz CT molecular complexity index is 1540. The van der Waals surface area contributed by atoms with E-state index in [9.17, 15) is 10.1 Å². The van der Waals surface area contributed by atoms with Gasteiger partial charge in [0.15, 0.2) is 0 Å². The molecule has 1 unspecified atom stereocenters. The van der Waals surface area contributed by atoms with Crippen molar-refractivity contribution < 1.29 is 18.3 Å². The van der Waals surface area contributed by atoms with Gasteiger partial charge in [-0.1, -0.05) is 0 Å². The lowest BCUT2D eigenvalue weighted by molar-refractivity contribution is -0.146. The van der Waals surface area contributed by atoms with Gasteiger partial charge >= 0.3 is 0 Å². The highest BCUT2D eigenvalue weighted by atomic mass is 19.3. The molecule has 0 aromatic carbocycles. The number of hydrogen-bond acceptors (Lipinski definition) is 8. The van der Waals surface area contributed by atoms with E-state index in [1.807, 2.05) is 18.3 Å². The average Bonchev–Trinajstić information content (AvgIpc) is 3.33. The van der Waals surface area contributed by atoms with Crippen molar-refractivity contribution in [2.24, 2.45) is 5.41 Å². The number of imidazole rings is 1. The van der Waals surface area contributed by atoms with Gasteiger partial charge in [-0.3, -0.25) is 9.20 Å². The van der Waals surface area contributed by atoms with Gasteiger partial charge in [0.1, 0.15) is 10.9 Å². The summed E-state index contributed by atoms with van der Waals surface area (Å²) in [5, 5.41) is 16.4. The fourth-order valence-corrected chi connectivity index (χ4v) is 4.63. The summed E-state index contributed by atoms with van der Waals surface area (Å²) < 4.78 is 38.9. The number of anilines is 1. The molecule has 4 aromatic rings. The topological polar surface area (TPSA) is 126 Å². The number of carbonyl (C=O) groups excluding carboxylic acids is 1. The number of ether oxygens (including phenoxy) is 1. The summed E-state index contributed by atoms with van der Waals surface area (Å²) in [4.78, 5) is 26.5. The molecule has 0 bridgehead atoms. The van der Waals surface area contributed by atoms with Crippen molar-refractivity contribution in [3.8, 4) is 23.1 Å². The smallest absolute Gasteiger partial charge is 0.285 e. The third-order valence-electron chi connectivity index (χ3n) is 6.79. The zero-order valence-corrected chi connectivity index (χ0v) is 19.2. The molecule has 1 N–H and O–H groups in total. The number of hydrogen-bond donors (Lipinski definition) is 1. The molecule has 1 aliphatic heterocycles. The van der Waals surface area contributed by atoms with Crippen LogP contribution in [0.5, 0.6) is 5.88 Å². The Labute approximate surface area is 203 Å². The lowest BCUT2D eigenvalue weighted by atomic mass is 9.98.